The van der Waals surface area contributed by atoms with Crippen LogP contribution in [0.4, 0.5) is 0 Å². The second-order valence-corrected chi connectivity index (χ2v) is 2.73. The van der Waals surface area contributed by atoms with Crippen LogP contribution in [-0.2, 0) is 9.53 Å². The molecule has 0 atom stereocenters. The number of hydrogen-bond donors (Lipinski definition) is 0. The van der Waals surface area contributed by atoms with E-state index in [4.69, 9.17) is 4.74 Å². The summed E-state index contributed by atoms with van der Waals surface area (Å²) in [5.41, 5.74) is 0. The molecule has 0 fully saturated rings. The predicted molar refractivity (Wildman–Crippen MR) is 54.4 cm³/mol. The van der Waals surface area contributed by atoms with Gasteiger partial charge in [0.15, 0.2) is 0 Å². The predicted octanol–water partition coefficient (Wildman–Crippen LogP) is 2.85. The smallest absolute Gasteiger partial charge is 0.302 e. The van der Waals surface area contributed by atoms with Gasteiger partial charge in [0.2, 0.25) is 0 Å². The van der Waals surface area contributed by atoms with Crippen LogP contribution >= 0.6 is 0 Å². The van der Waals surface area contributed by atoms with E-state index in [0.29, 0.717) is 6.61 Å². The summed E-state index contributed by atoms with van der Waals surface area (Å²) in [4.78, 5) is 10.4. The van der Waals surface area contributed by atoms with Crippen molar-refractivity contribution < 1.29 is 9.53 Å². The fraction of sp³-hybridized carbons (Fsp3) is 0.545. The number of esters is 1. The van der Waals surface area contributed by atoms with Crippen molar-refractivity contribution in [3.63, 3.8) is 0 Å². The highest BCUT2D eigenvalue weighted by Crippen LogP contribution is 1.94. The van der Waals surface area contributed by atoms with Gasteiger partial charge in [0.1, 0.15) is 6.61 Å². The van der Waals surface area contributed by atoms with Crippen molar-refractivity contribution in [2.75, 3.05) is 6.61 Å². The molecule has 74 valence electrons. The first-order valence-electron chi connectivity index (χ1n) is 4.70. The zero-order chi connectivity index (χ0) is 9.94. The Labute approximate surface area is 80.3 Å². The quantitative estimate of drug-likeness (QED) is 0.358. The Balaban J connectivity index is 3.22. The summed E-state index contributed by atoms with van der Waals surface area (Å²) in [6.45, 7) is 3.93. The number of rotatable bonds is 6. The van der Waals surface area contributed by atoms with E-state index in [1.54, 1.807) is 0 Å². The molecule has 0 aliphatic heterocycles. The van der Waals surface area contributed by atoms with Crippen molar-refractivity contribution in [2.24, 2.45) is 0 Å². The molecule has 0 aliphatic rings. The van der Waals surface area contributed by atoms with E-state index < -0.39 is 0 Å². The molecular formula is C11H18O2. The van der Waals surface area contributed by atoms with Crippen LogP contribution in [0.3, 0.4) is 0 Å². The van der Waals surface area contributed by atoms with Gasteiger partial charge in [-0.3, -0.25) is 4.79 Å². The Hall–Kier alpha value is -1.05. The lowest BCUT2D eigenvalue weighted by Gasteiger charge is -1.93. The average molecular weight is 182 g/mol. The highest BCUT2D eigenvalue weighted by Gasteiger charge is 1.85. The molecule has 2 nitrogen and oxygen atoms in total. The van der Waals surface area contributed by atoms with Crippen LogP contribution in [0.5, 0.6) is 0 Å². The van der Waals surface area contributed by atoms with Crippen molar-refractivity contribution >= 4 is 5.97 Å². The van der Waals surface area contributed by atoms with Crippen LogP contribution < -0.4 is 0 Å². The standard InChI is InChI=1S/C11H18O2/c1-3-4-5-6-7-8-9-10-13-11(2)12/h4-5,8-9H,3,6-7,10H2,1-2H3/b5-4+,9-8+. The Morgan fingerprint density at radius 2 is 1.77 bits per heavy atom. The monoisotopic (exact) mass is 182 g/mol. The van der Waals surface area contributed by atoms with Crippen LogP contribution in [0.25, 0.3) is 0 Å². The van der Waals surface area contributed by atoms with Gasteiger partial charge in [0, 0.05) is 6.92 Å². The normalized spacial score (nSPS) is 11.2. The van der Waals surface area contributed by atoms with Crippen LogP contribution in [-0.4, -0.2) is 12.6 Å². The first-order chi connectivity index (χ1) is 6.27. The zero-order valence-electron chi connectivity index (χ0n) is 8.45. The molecule has 0 aromatic rings. The fourth-order valence-electron chi connectivity index (χ4n) is 0.828. The summed E-state index contributed by atoms with van der Waals surface area (Å²) in [6.07, 6.45) is 11.4. The number of allylic oxidation sites excluding steroid dienone is 3. The summed E-state index contributed by atoms with van der Waals surface area (Å²) in [6, 6.07) is 0. The van der Waals surface area contributed by atoms with Gasteiger partial charge < -0.3 is 4.74 Å². The van der Waals surface area contributed by atoms with Crippen molar-refractivity contribution in [2.45, 2.75) is 33.1 Å². The highest BCUT2D eigenvalue weighted by atomic mass is 16.5. The van der Waals surface area contributed by atoms with Crippen LogP contribution in [0.1, 0.15) is 33.1 Å². The lowest BCUT2D eigenvalue weighted by atomic mass is 10.2. The number of carbonyl (C=O) groups excluding carboxylic acids is 1. The van der Waals surface area contributed by atoms with Crippen LogP contribution in [0.15, 0.2) is 24.3 Å². The summed E-state index contributed by atoms with van der Waals surface area (Å²) < 4.78 is 4.73. The van der Waals surface area contributed by atoms with E-state index >= 15 is 0 Å². The van der Waals surface area contributed by atoms with Gasteiger partial charge in [0.25, 0.3) is 0 Å². The number of carbonyl (C=O) groups is 1. The molecule has 0 aromatic carbocycles. The third-order valence-electron chi connectivity index (χ3n) is 1.45. The van der Waals surface area contributed by atoms with Crippen LogP contribution in [0.2, 0.25) is 0 Å². The molecule has 0 aromatic heterocycles. The molecule has 0 saturated heterocycles. The lowest BCUT2D eigenvalue weighted by Crippen LogP contribution is -1.97. The molecule has 0 unspecified atom stereocenters. The van der Waals surface area contributed by atoms with E-state index in [0.717, 1.165) is 19.3 Å². The minimum atomic E-state index is -0.226. The molecular weight excluding hydrogens is 164 g/mol. The Morgan fingerprint density at radius 1 is 1.15 bits per heavy atom. The molecule has 0 bridgehead atoms. The number of hydrogen-bond acceptors (Lipinski definition) is 2. The van der Waals surface area contributed by atoms with Gasteiger partial charge in [0.05, 0.1) is 0 Å². The Bertz CT molecular complexity index is 181. The lowest BCUT2D eigenvalue weighted by molar-refractivity contribution is -0.139. The zero-order valence-corrected chi connectivity index (χ0v) is 8.45. The molecule has 0 N–H and O–H groups in total. The first-order valence-corrected chi connectivity index (χ1v) is 4.70. The van der Waals surface area contributed by atoms with E-state index in [9.17, 15) is 4.79 Å². The molecule has 2 heteroatoms. The summed E-state index contributed by atoms with van der Waals surface area (Å²) in [5, 5.41) is 0. The molecule has 0 amide bonds. The fourth-order valence-corrected chi connectivity index (χ4v) is 0.828. The number of ether oxygens (including phenoxy) is 1. The molecule has 0 heterocycles. The minimum absolute atomic E-state index is 0.226. The maximum atomic E-state index is 10.4. The largest absolute Gasteiger partial charge is 0.462 e. The van der Waals surface area contributed by atoms with E-state index in [-0.39, 0.29) is 5.97 Å². The topological polar surface area (TPSA) is 26.3 Å². The van der Waals surface area contributed by atoms with Crippen LogP contribution in [0, 0.1) is 0 Å². The summed E-state index contributed by atoms with van der Waals surface area (Å²) in [7, 11) is 0. The molecule has 0 spiro atoms. The van der Waals surface area contributed by atoms with E-state index in [1.807, 2.05) is 12.2 Å². The highest BCUT2D eigenvalue weighted by molar-refractivity contribution is 5.65. The molecule has 0 radical (unpaired) electrons. The molecule has 0 aliphatic carbocycles. The van der Waals surface area contributed by atoms with Crippen molar-refractivity contribution in [3.8, 4) is 0 Å². The van der Waals surface area contributed by atoms with Crippen molar-refractivity contribution in [1.29, 1.82) is 0 Å². The first kappa shape index (κ1) is 11.9. The average Bonchev–Trinajstić information content (AvgIpc) is 2.09. The molecule has 0 saturated carbocycles. The van der Waals surface area contributed by atoms with Gasteiger partial charge in [-0.1, -0.05) is 31.2 Å². The van der Waals surface area contributed by atoms with Gasteiger partial charge in [-0.25, -0.2) is 0 Å². The van der Waals surface area contributed by atoms with Gasteiger partial charge in [-0.15, -0.1) is 0 Å². The van der Waals surface area contributed by atoms with Crippen molar-refractivity contribution in [3.05, 3.63) is 24.3 Å². The Kier molecular flexibility index (Phi) is 8.31. The van der Waals surface area contributed by atoms with Gasteiger partial charge in [-0.2, -0.15) is 0 Å². The van der Waals surface area contributed by atoms with Gasteiger partial charge >= 0.3 is 5.97 Å². The maximum absolute atomic E-state index is 10.4. The van der Waals surface area contributed by atoms with E-state index in [1.165, 1.54) is 6.92 Å². The summed E-state index contributed by atoms with van der Waals surface area (Å²) >= 11 is 0. The maximum Gasteiger partial charge on any atom is 0.302 e. The third-order valence-corrected chi connectivity index (χ3v) is 1.45. The SMILES string of the molecule is CC/C=C/CC/C=C/COC(C)=O. The molecule has 0 rings (SSSR count). The van der Waals surface area contributed by atoms with Crippen molar-refractivity contribution in [1.82, 2.24) is 0 Å². The van der Waals surface area contributed by atoms with Gasteiger partial charge in [-0.05, 0) is 19.3 Å². The Morgan fingerprint density at radius 3 is 2.31 bits per heavy atom. The second kappa shape index (κ2) is 9.04. The van der Waals surface area contributed by atoms with E-state index in [2.05, 4.69) is 19.1 Å². The second-order valence-electron chi connectivity index (χ2n) is 2.73. The number of unbranched alkanes of at least 4 members (excludes halogenated alkanes) is 1. The third kappa shape index (κ3) is 10.9. The summed E-state index contributed by atoms with van der Waals surface area (Å²) in [5.74, 6) is -0.226. The minimum Gasteiger partial charge on any atom is -0.462 e. The molecule has 13 heavy (non-hydrogen) atoms.